The Morgan fingerprint density at radius 3 is 2.65 bits per heavy atom. The third-order valence-electron chi connectivity index (χ3n) is 3.84. The lowest BCUT2D eigenvalue weighted by Crippen LogP contribution is -2.41. The number of urea groups is 1. The van der Waals surface area contributed by atoms with E-state index in [0.717, 1.165) is 32.4 Å². The molecule has 1 aliphatic carbocycles. The Morgan fingerprint density at radius 1 is 1.25 bits per heavy atom. The lowest BCUT2D eigenvalue weighted by molar-refractivity contribution is 0.237. The average molecular weight is 275 g/mol. The summed E-state index contributed by atoms with van der Waals surface area (Å²) in [5, 5.41) is 5.97. The number of carbonyl (C=O) groups is 1. The Labute approximate surface area is 121 Å². The molecule has 110 valence electrons. The van der Waals surface area contributed by atoms with Crippen molar-refractivity contribution < 1.29 is 4.79 Å². The van der Waals surface area contributed by atoms with Crippen molar-refractivity contribution in [3.05, 3.63) is 30.3 Å². The summed E-state index contributed by atoms with van der Waals surface area (Å²) in [5.41, 5.74) is 1.21. The van der Waals surface area contributed by atoms with E-state index >= 15 is 0 Å². The van der Waals surface area contributed by atoms with Crippen LogP contribution in [0.1, 0.15) is 32.1 Å². The van der Waals surface area contributed by atoms with Gasteiger partial charge in [-0.15, -0.1) is 0 Å². The Balaban J connectivity index is 1.58. The summed E-state index contributed by atoms with van der Waals surface area (Å²) in [7, 11) is 2.08. The molecule has 0 heterocycles. The van der Waals surface area contributed by atoms with Crippen molar-refractivity contribution >= 4 is 11.7 Å². The van der Waals surface area contributed by atoms with E-state index in [1.807, 2.05) is 18.2 Å². The summed E-state index contributed by atoms with van der Waals surface area (Å²) < 4.78 is 0. The maximum Gasteiger partial charge on any atom is 0.315 e. The first kappa shape index (κ1) is 14.7. The minimum Gasteiger partial charge on any atom is -0.375 e. The van der Waals surface area contributed by atoms with Crippen molar-refractivity contribution in [2.75, 3.05) is 25.0 Å². The van der Waals surface area contributed by atoms with Gasteiger partial charge in [-0.2, -0.15) is 0 Å². The molecule has 0 bridgehead atoms. The van der Waals surface area contributed by atoms with Gasteiger partial charge in [0.05, 0.1) is 0 Å². The van der Waals surface area contributed by atoms with Gasteiger partial charge in [0.25, 0.3) is 0 Å². The normalized spacial score (nSPS) is 15.1. The van der Waals surface area contributed by atoms with Gasteiger partial charge in [-0.05, 0) is 31.4 Å². The number of para-hydroxylation sites is 1. The van der Waals surface area contributed by atoms with Crippen LogP contribution in [-0.4, -0.2) is 32.2 Å². The molecule has 2 N–H and O–H groups in total. The Hall–Kier alpha value is -1.71. The van der Waals surface area contributed by atoms with Crippen molar-refractivity contribution in [3.8, 4) is 0 Å². The molecule has 1 aliphatic rings. The van der Waals surface area contributed by atoms with Gasteiger partial charge < -0.3 is 15.5 Å². The van der Waals surface area contributed by atoms with Crippen molar-refractivity contribution in [2.24, 2.45) is 0 Å². The molecule has 0 radical (unpaired) electrons. The molecular formula is C16H25N3O. The molecule has 0 aromatic heterocycles. The maximum absolute atomic E-state index is 11.7. The highest BCUT2D eigenvalue weighted by molar-refractivity contribution is 5.74. The van der Waals surface area contributed by atoms with Crippen LogP contribution < -0.4 is 15.5 Å². The first-order valence-electron chi connectivity index (χ1n) is 7.56. The van der Waals surface area contributed by atoms with E-state index in [1.54, 1.807) is 0 Å². The lowest BCUT2D eigenvalue weighted by atomic mass is 10.2. The minimum atomic E-state index is -0.0146. The molecule has 0 saturated heterocycles. The van der Waals surface area contributed by atoms with Crippen LogP contribution in [0, 0.1) is 0 Å². The highest BCUT2D eigenvalue weighted by Crippen LogP contribution is 2.17. The van der Waals surface area contributed by atoms with E-state index in [1.165, 1.54) is 18.5 Å². The number of nitrogens with zero attached hydrogens (tertiary/aromatic N) is 1. The van der Waals surface area contributed by atoms with Gasteiger partial charge in [0.15, 0.2) is 0 Å². The quantitative estimate of drug-likeness (QED) is 0.784. The van der Waals surface area contributed by atoms with Gasteiger partial charge in [0, 0.05) is 31.9 Å². The number of amides is 2. The second-order valence-electron chi connectivity index (χ2n) is 5.49. The largest absolute Gasteiger partial charge is 0.375 e. The average Bonchev–Trinajstić information content (AvgIpc) is 2.97. The van der Waals surface area contributed by atoms with Crippen molar-refractivity contribution in [2.45, 2.75) is 38.1 Å². The molecular weight excluding hydrogens is 250 g/mol. The Bertz CT molecular complexity index is 401. The third kappa shape index (κ3) is 4.76. The van der Waals surface area contributed by atoms with E-state index in [2.05, 4.69) is 34.7 Å². The molecule has 1 saturated carbocycles. The van der Waals surface area contributed by atoms with Crippen molar-refractivity contribution in [1.29, 1.82) is 0 Å². The van der Waals surface area contributed by atoms with E-state index in [9.17, 15) is 4.79 Å². The SMILES string of the molecule is CN(CCCNC(=O)NC1CCCC1)c1ccccc1. The van der Waals surface area contributed by atoms with Crippen molar-refractivity contribution in [3.63, 3.8) is 0 Å². The standard InChI is InChI=1S/C16H25N3O/c1-19(15-10-3-2-4-11-15)13-7-12-17-16(20)18-14-8-5-6-9-14/h2-4,10-11,14H,5-9,12-13H2,1H3,(H2,17,18,20). The van der Waals surface area contributed by atoms with Crippen LogP contribution in [-0.2, 0) is 0 Å². The zero-order valence-electron chi connectivity index (χ0n) is 12.3. The number of hydrogen-bond acceptors (Lipinski definition) is 2. The second-order valence-corrected chi connectivity index (χ2v) is 5.49. The molecule has 1 fully saturated rings. The van der Waals surface area contributed by atoms with E-state index in [-0.39, 0.29) is 6.03 Å². The molecule has 2 rings (SSSR count). The summed E-state index contributed by atoms with van der Waals surface area (Å²) in [4.78, 5) is 13.9. The molecule has 0 aliphatic heterocycles. The number of carbonyl (C=O) groups excluding carboxylic acids is 1. The van der Waals surface area contributed by atoms with Crippen LogP contribution in [0.2, 0.25) is 0 Å². The third-order valence-corrected chi connectivity index (χ3v) is 3.84. The van der Waals surface area contributed by atoms with Gasteiger partial charge in [0.2, 0.25) is 0 Å². The number of anilines is 1. The molecule has 4 nitrogen and oxygen atoms in total. The van der Waals surface area contributed by atoms with Crippen LogP contribution in [0.4, 0.5) is 10.5 Å². The fourth-order valence-electron chi connectivity index (χ4n) is 2.64. The second kappa shape index (κ2) is 7.78. The van der Waals surface area contributed by atoms with Crippen LogP contribution >= 0.6 is 0 Å². The number of hydrogen-bond donors (Lipinski definition) is 2. The molecule has 20 heavy (non-hydrogen) atoms. The first-order chi connectivity index (χ1) is 9.75. The van der Waals surface area contributed by atoms with Gasteiger partial charge in [-0.1, -0.05) is 31.0 Å². The molecule has 0 spiro atoms. The fraction of sp³-hybridized carbons (Fsp3) is 0.562. The molecule has 1 aromatic carbocycles. The summed E-state index contributed by atoms with van der Waals surface area (Å²) in [6.07, 6.45) is 5.69. The topological polar surface area (TPSA) is 44.4 Å². The zero-order chi connectivity index (χ0) is 14.2. The molecule has 4 heteroatoms. The van der Waals surface area contributed by atoms with E-state index in [4.69, 9.17) is 0 Å². The van der Waals surface area contributed by atoms with Gasteiger partial charge in [-0.25, -0.2) is 4.79 Å². The predicted molar refractivity (Wildman–Crippen MR) is 83.1 cm³/mol. The predicted octanol–water partition coefficient (Wildman–Crippen LogP) is 2.75. The molecule has 0 unspecified atom stereocenters. The number of rotatable bonds is 6. The Morgan fingerprint density at radius 2 is 1.95 bits per heavy atom. The van der Waals surface area contributed by atoms with Crippen LogP contribution in [0.25, 0.3) is 0 Å². The first-order valence-corrected chi connectivity index (χ1v) is 7.56. The monoisotopic (exact) mass is 275 g/mol. The highest BCUT2D eigenvalue weighted by Gasteiger charge is 2.16. The molecule has 1 aromatic rings. The van der Waals surface area contributed by atoms with E-state index in [0.29, 0.717) is 6.04 Å². The van der Waals surface area contributed by atoms with Gasteiger partial charge in [0.1, 0.15) is 0 Å². The zero-order valence-corrected chi connectivity index (χ0v) is 12.3. The van der Waals surface area contributed by atoms with Crippen LogP contribution in [0.15, 0.2) is 30.3 Å². The Kier molecular flexibility index (Phi) is 5.71. The highest BCUT2D eigenvalue weighted by atomic mass is 16.2. The van der Waals surface area contributed by atoms with Crippen LogP contribution in [0.5, 0.6) is 0 Å². The number of nitrogens with one attached hydrogen (secondary N) is 2. The summed E-state index contributed by atoms with van der Waals surface area (Å²) >= 11 is 0. The summed E-state index contributed by atoms with van der Waals surface area (Å²) in [6.45, 7) is 1.66. The summed E-state index contributed by atoms with van der Waals surface area (Å²) in [5.74, 6) is 0. The van der Waals surface area contributed by atoms with Crippen molar-refractivity contribution in [1.82, 2.24) is 10.6 Å². The van der Waals surface area contributed by atoms with Gasteiger partial charge >= 0.3 is 6.03 Å². The number of benzene rings is 1. The minimum absolute atomic E-state index is 0.0146. The maximum atomic E-state index is 11.7. The molecule has 0 atom stereocenters. The smallest absolute Gasteiger partial charge is 0.315 e. The summed E-state index contributed by atoms with van der Waals surface area (Å²) in [6, 6.07) is 10.7. The van der Waals surface area contributed by atoms with Crippen LogP contribution in [0.3, 0.4) is 0 Å². The lowest BCUT2D eigenvalue weighted by Gasteiger charge is -2.19. The molecule has 2 amide bonds. The van der Waals surface area contributed by atoms with E-state index < -0.39 is 0 Å². The fourth-order valence-corrected chi connectivity index (χ4v) is 2.64. The van der Waals surface area contributed by atoms with Gasteiger partial charge in [-0.3, -0.25) is 0 Å².